The minimum atomic E-state index is 0.483. The van der Waals surface area contributed by atoms with E-state index in [9.17, 15) is 0 Å². The molecule has 0 rings (SSSR count). The van der Waals surface area contributed by atoms with E-state index in [4.69, 9.17) is 5.73 Å². The van der Waals surface area contributed by atoms with Crippen molar-refractivity contribution in [2.24, 2.45) is 16.6 Å². The van der Waals surface area contributed by atoms with Crippen LogP contribution in [0.1, 0.15) is 46.5 Å². The van der Waals surface area contributed by atoms with E-state index in [-0.39, 0.29) is 0 Å². The molecular weight excluding hydrogens is 269 g/mol. The minimum Gasteiger partial charge on any atom is -0.387 e. The zero-order chi connectivity index (χ0) is 17.0. The predicted octanol–water partition coefficient (Wildman–Crippen LogP) is 3.87. The summed E-state index contributed by atoms with van der Waals surface area (Å²) >= 11 is 0. The normalized spacial score (nSPS) is 15.9. The summed E-state index contributed by atoms with van der Waals surface area (Å²) in [5.41, 5.74) is 7.89. The number of rotatable bonds is 11. The van der Waals surface area contributed by atoms with Gasteiger partial charge in [0.15, 0.2) is 0 Å². The Hall–Kier alpha value is -1.29. The number of nitrogens with two attached hydrogens (primary N) is 1. The van der Waals surface area contributed by atoms with Crippen LogP contribution in [-0.4, -0.2) is 26.1 Å². The second-order valence-corrected chi connectivity index (χ2v) is 5.89. The van der Waals surface area contributed by atoms with E-state index in [0.717, 1.165) is 31.4 Å². The predicted molar refractivity (Wildman–Crippen MR) is 101 cm³/mol. The van der Waals surface area contributed by atoms with E-state index in [1.54, 1.807) is 0 Å². The van der Waals surface area contributed by atoms with Gasteiger partial charge in [-0.05, 0) is 58.9 Å². The molecule has 2 unspecified atom stereocenters. The van der Waals surface area contributed by atoms with E-state index in [1.165, 1.54) is 5.57 Å². The molecule has 0 heterocycles. The highest BCUT2D eigenvalue weighted by Gasteiger charge is 2.10. The van der Waals surface area contributed by atoms with Crippen LogP contribution < -0.4 is 11.1 Å². The number of hydrogen-bond acceptors (Lipinski definition) is 2. The van der Waals surface area contributed by atoms with Crippen molar-refractivity contribution in [1.29, 1.82) is 0 Å². The van der Waals surface area contributed by atoms with Crippen LogP contribution in [0, 0.1) is 5.92 Å². The van der Waals surface area contributed by atoms with Crippen molar-refractivity contribution >= 4 is 13.1 Å². The summed E-state index contributed by atoms with van der Waals surface area (Å²) in [5.74, 6) is 1.63. The summed E-state index contributed by atoms with van der Waals surface area (Å²) in [4.78, 5) is 4.33. The Morgan fingerprint density at radius 3 is 2.50 bits per heavy atom. The van der Waals surface area contributed by atoms with Gasteiger partial charge in [0.2, 0.25) is 0 Å². The molecule has 0 bridgehead atoms. The molecule has 0 saturated heterocycles. The largest absolute Gasteiger partial charge is 0.387 e. The van der Waals surface area contributed by atoms with E-state index in [0.29, 0.717) is 17.7 Å². The number of hydrogen-bond donors (Lipinski definition) is 2. The van der Waals surface area contributed by atoms with Crippen LogP contribution in [-0.2, 0) is 0 Å². The zero-order valence-electron chi connectivity index (χ0n) is 15.0. The van der Waals surface area contributed by atoms with Gasteiger partial charge in [-0.15, -0.1) is 6.58 Å². The van der Waals surface area contributed by atoms with Crippen LogP contribution in [0.4, 0.5) is 0 Å². The molecule has 0 spiro atoms. The molecule has 123 valence electrons. The molecule has 0 saturated carbocycles. The maximum atomic E-state index is 5.64. The van der Waals surface area contributed by atoms with Crippen LogP contribution >= 0.6 is 0 Å². The third kappa shape index (κ3) is 10.4. The van der Waals surface area contributed by atoms with Gasteiger partial charge in [-0.1, -0.05) is 30.6 Å². The van der Waals surface area contributed by atoms with Crippen LogP contribution in [0.2, 0.25) is 6.82 Å². The lowest BCUT2D eigenvalue weighted by atomic mass is 9.69. The van der Waals surface area contributed by atoms with Crippen LogP contribution in [0.25, 0.3) is 0 Å². The van der Waals surface area contributed by atoms with Crippen LogP contribution in [0.3, 0.4) is 0 Å². The molecule has 0 amide bonds. The molecule has 4 heteroatoms. The number of allylic oxidation sites excluding steroid dienone is 4. The monoisotopic (exact) mass is 302 g/mol. The Morgan fingerprint density at radius 2 is 2.05 bits per heavy atom. The van der Waals surface area contributed by atoms with Gasteiger partial charge in [-0.25, -0.2) is 4.99 Å². The molecule has 0 fully saturated rings. The molecule has 0 aliphatic carbocycles. The SMILES string of the molecule is C=C(C)CC(/C=C/C/C(=C/C)N=C(C)N)CCC([B]C)NC. The van der Waals surface area contributed by atoms with Crippen molar-refractivity contribution < 1.29 is 0 Å². The molecular formula is C18H33BN3. The van der Waals surface area contributed by atoms with Crippen molar-refractivity contribution in [3.05, 3.63) is 36.1 Å². The Bertz CT molecular complexity index is 403. The van der Waals surface area contributed by atoms with Crippen molar-refractivity contribution in [1.82, 2.24) is 5.32 Å². The second kappa shape index (κ2) is 12.3. The third-order valence-electron chi connectivity index (χ3n) is 3.62. The molecule has 3 N–H and O–H groups in total. The summed E-state index contributed by atoms with van der Waals surface area (Å²) in [6.07, 6.45) is 10.7. The highest BCUT2D eigenvalue weighted by Crippen LogP contribution is 2.19. The summed E-state index contributed by atoms with van der Waals surface area (Å²) in [6, 6.07) is 0. The smallest absolute Gasteiger partial charge is 0.129 e. The maximum absolute atomic E-state index is 5.64. The molecule has 2 atom stereocenters. The number of nitrogens with one attached hydrogen (secondary N) is 1. The van der Waals surface area contributed by atoms with Gasteiger partial charge < -0.3 is 11.1 Å². The van der Waals surface area contributed by atoms with Gasteiger partial charge in [0.25, 0.3) is 0 Å². The fraction of sp³-hybridized carbons (Fsp3) is 0.611. The lowest BCUT2D eigenvalue weighted by Crippen LogP contribution is -2.30. The molecule has 0 aromatic heterocycles. The Kier molecular flexibility index (Phi) is 11.6. The summed E-state index contributed by atoms with van der Waals surface area (Å²) in [5, 5.41) is 3.32. The van der Waals surface area contributed by atoms with Gasteiger partial charge in [0.05, 0.1) is 5.84 Å². The van der Waals surface area contributed by atoms with E-state index in [1.807, 2.05) is 27.0 Å². The van der Waals surface area contributed by atoms with Gasteiger partial charge in [-0.2, -0.15) is 0 Å². The van der Waals surface area contributed by atoms with Crippen molar-refractivity contribution in [2.75, 3.05) is 7.05 Å². The lowest BCUT2D eigenvalue weighted by Gasteiger charge is -2.18. The second-order valence-electron chi connectivity index (χ2n) is 5.89. The topological polar surface area (TPSA) is 50.4 Å². The van der Waals surface area contributed by atoms with Crippen LogP contribution in [0.5, 0.6) is 0 Å². The average molecular weight is 302 g/mol. The lowest BCUT2D eigenvalue weighted by molar-refractivity contribution is 0.521. The highest BCUT2D eigenvalue weighted by molar-refractivity contribution is 6.35. The first-order valence-electron chi connectivity index (χ1n) is 8.16. The Labute approximate surface area is 138 Å². The van der Waals surface area contributed by atoms with Crippen molar-refractivity contribution in [3.8, 4) is 0 Å². The zero-order valence-corrected chi connectivity index (χ0v) is 15.0. The first-order chi connectivity index (χ1) is 10.4. The number of nitrogens with zero attached hydrogens (tertiary/aromatic N) is 1. The molecule has 0 aliphatic rings. The first kappa shape index (κ1) is 20.7. The van der Waals surface area contributed by atoms with Crippen molar-refractivity contribution in [2.45, 2.75) is 59.2 Å². The van der Waals surface area contributed by atoms with E-state index >= 15 is 0 Å². The minimum absolute atomic E-state index is 0.483. The fourth-order valence-electron chi connectivity index (χ4n) is 2.42. The van der Waals surface area contributed by atoms with Gasteiger partial charge in [0, 0.05) is 12.1 Å². The summed E-state index contributed by atoms with van der Waals surface area (Å²) in [7, 11) is 4.23. The molecule has 3 nitrogen and oxygen atoms in total. The Morgan fingerprint density at radius 1 is 1.36 bits per heavy atom. The number of aliphatic imine (C=N–C) groups is 1. The highest BCUT2D eigenvalue weighted by atomic mass is 14.8. The van der Waals surface area contributed by atoms with Gasteiger partial charge in [0.1, 0.15) is 7.28 Å². The molecule has 22 heavy (non-hydrogen) atoms. The van der Waals surface area contributed by atoms with Gasteiger partial charge >= 0.3 is 0 Å². The summed E-state index contributed by atoms with van der Waals surface area (Å²) in [6.45, 7) is 12.1. The van der Waals surface area contributed by atoms with Gasteiger partial charge in [-0.3, -0.25) is 0 Å². The van der Waals surface area contributed by atoms with E-state index < -0.39 is 0 Å². The molecule has 1 radical (unpaired) electrons. The quantitative estimate of drug-likeness (QED) is 0.263. The summed E-state index contributed by atoms with van der Waals surface area (Å²) < 4.78 is 0. The first-order valence-corrected chi connectivity index (χ1v) is 8.16. The van der Waals surface area contributed by atoms with E-state index in [2.05, 4.69) is 50.1 Å². The molecule has 0 aliphatic heterocycles. The third-order valence-corrected chi connectivity index (χ3v) is 3.62. The molecule has 0 aromatic rings. The number of amidine groups is 1. The van der Waals surface area contributed by atoms with Crippen molar-refractivity contribution in [3.63, 3.8) is 0 Å². The maximum Gasteiger partial charge on any atom is 0.129 e. The fourth-order valence-corrected chi connectivity index (χ4v) is 2.42. The molecule has 0 aromatic carbocycles. The average Bonchev–Trinajstić information content (AvgIpc) is 2.45. The standard InChI is InChI=1S/C18H33BN3/c1-7-17(22-15(4)20)10-8-9-16(13-14(2)3)11-12-18(19-5)21-6/h7-9,16,18,21H,2,10-13H2,1,3-6H3,(H2,20,22)/b9-8+,17-7-. The van der Waals surface area contributed by atoms with Crippen LogP contribution in [0.15, 0.2) is 41.1 Å². The Balaban J connectivity index is 4.60.